The summed E-state index contributed by atoms with van der Waals surface area (Å²) in [6, 6.07) is 5.22. The Balaban J connectivity index is 2.61. The normalized spacial score (nSPS) is 11.3. The molecule has 0 bridgehead atoms. The molecule has 0 saturated carbocycles. The van der Waals surface area contributed by atoms with Gasteiger partial charge < -0.3 is 11.1 Å². The molecule has 0 spiro atoms. The number of rotatable bonds is 3. The minimum absolute atomic E-state index is 0.0894. The van der Waals surface area contributed by atoms with Crippen LogP contribution in [0.15, 0.2) is 22.7 Å². The number of nitrogens with one attached hydrogen (secondary N) is 1. The molecule has 3 nitrogen and oxygen atoms in total. The van der Waals surface area contributed by atoms with Crippen LogP contribution in [0.4, 0.5) is 5.69 Å². The first kappa shape index (κ1) is 14.0. The predicted molar refractivity (Wildman–Crippen MR) is 75.0 cm³/mol. The fraction of sp³-hybridized carbons (Fsp3) is 0.462. The molecule has 0 fully saturated rings. The van der Waals surface area contributed by atoms with Gasteiger partial charge in [0, 0.05) is 16.7 Å². The van der Waals surface area contributed by atoms with Gasteiger partial charge in [-0.15, -0.1) is 0 Å². The summed E-state index contributed by atoms with van der Waals surface area (Å²) in [6.45, 7) is 7.12. The Bertz CT molecular complexity index is 410. The van der Waals surface area contributed by atoms with Gasteiger partial charge in [0.05, 0.1) is 5.56 Å². The van der Waals surface area contributed by atoms with Crippen LogP contribution in [0.25, 0.3) is 0 Å². The number of carbonyl (C=O) groups is 1. The van der Waals surface area contributed by atoms with E-state index in [9.17, 15) is 4.79 Å². The van der Waals surface area contributed by atoms with Crippen LogP contribution in [0.3, 0.4) is 0 Å². The van der Waals surface area contributed by atoms with Gasteiger partial charge in [0.25, 0.3) is 5.91 Å². The van der Waals surface area contributed by atoms with Gasteiger partial charge in [-0.25, -0.2) is 0 Å². The maximum absolute atomic E-state index is 11.9. The molecule has 0 saturated heterocycles. The van der Waals surface area contributed by atoms with Crippen molar-refractivity contribution in [3.8, 4) is 0 Å². The Labute approximate surface area is 111 Å². The number of nitrogens with two attached hydrogens (primary N) is 1. The molecule has 0 unspecified atom stereocenters. The summed E-state index contributed by atoms with van der Waals surface area (Å²) in [4.78, 5) is 11.9. The van der Waals surface area contributed by atoms with Gasteiger partial charge in [0.1, 0.15) is 0 Å². The lowest BCUT2D eigenvalue weighted by Gasteiger charge is -2.18. The quantitative estimate of drug-likeness (QED) is 0.842. The topological polar surface area (TPSA) is 55.1 Å². The zero-order chi connectivity index (χ0) is 13.1. The zero-order valence-corrected chi connectivity index (χ0v) is 12.1. The number of anilines is 1. The highest BCUT2D eigenvalue weighted by Crippen LogP contribution is 2.20. The summed E-state index contributed by atoms with van der Waals surface area (Å²) in [5, 5.41) is 2.90. The van der Waals surface area contributed by atoms with Crippen LogP contribution >= 0.6 is 15.9 Å². The summed E-state index contributed by atoms with van der Waals surface area (Å²) in [6.07, 6.45) is 0.943. The number of benzene rings is 1. The van der Waals surface area contributed by atoms with Gasteiger partial charge in [-0.2, -0.15) is 0 Å². The molecule has 0 aromatic heterocycles. The number of hydrogen-bond acceptors (Lipinski definition) is 2. The first-order valence-corrected chi connectivity index (χ1v) is 6.42. The van der Waals surface area contributed by atoms with E-state index in [0.29, 0.717) is 17.8 Å². The number of halogens is 1. The first-order valence-electron chi connectivity index (χ1n) is 5.63. The van der Waals surface area contributed by atoms with Crippen molar-refractivity contribution >= 4 is 27.5 Å². The Kier molecular flexibility index (Phi) is 4.57. The highest BCUT2D eigenvalue weighted by molar-refractivity contribution is 9.10. The van der Waals surface area contributed by atoms with Crippen molar-refractivity contribution < 1.29 is 4.79 Å². The maximum atomic E-state index is 11.9. The van der Waals surface area contributed by atoms with Gasteiger partial charge in [-0.3, -0.25) is 4.79 Å². The Morgan fingerprint density at radius 1 is 1.41 bits per heavy atom. The van der Waals surface area contributed by atoms with Crippen molar-refractivity contribution in [2.75, 3.05) is 12.3 Å². The highest BCUT2D eigenvalue weighted by atomic mass is 79.9. The second-order valence-corrected chi connectivity index (χ2v) is 6.16. The second-order valence-electron chi connectivity index (χ2n) is 5.31. The van der Waals surface area contributed by atoms with Gasteiger partial charge in [0.15, 0.2) is 0 Å². The van der Waals surface area contributed by atoms with E-state index < -0.39 is 0 Å². The SMILES string of the molecule is CC(C)(C)CCNC(=O)c1cc(N)ccc1Br. The molecule has 17 heavy (non-hydrogen) atoms. The van der Waals surface area contributed by atoms with E-state index in [4.69, 9.17) is 5.73 Å². The molecular weight excluding hydrogens is 280 g/mol. The molecule has 3 N–H and O–H groups in total. The van der Waals surface area contributed by atoms with Gasteiger partial charge in [0.2, 0.25) is 0 Å². The first-order chi connectivity index (χ1) is 7.79. The molecule has 1 aromatic carbocycles. The van der Waals surface area contributed by atoms with Crippen LogP contribution in [-0.2, 0) is 0 Å². The Morgan fingerprint density at radius 3 is 2.65 bits per heavy atom. The average molecular weight is 299 g/mol. The lowest BCUT2D eigenvalue weighted by Crippen LogP contribution is -2.27. The molecule has 0 aliphatic rings. The lowest BCUT2D eigenvalue weighted by molar-refractivity contribution is 0.0949. The molecule has 0 radical (unpaired) electrons. The van der Waals surface area contributed by atoms with Crippen LogP contribution in [0.2, 0.25) is 0 Å². The van der Waals surface area contributed by atoms with Crippen molar-refractivity contribution in [2.45, 2.75) is 27.2 Å². The summed E-state index contributed by atoms with van der Waals surface area (Å²) in [5.74, 6) is -0.0894. The molecule has 1 rings (SSSR count). The minimum Gasteiger partial charge on any atom is -0.399 e. The van der Waals surface area contributed by atoms with E-state index in [1.807, 2.05) is 0 Å². The maximum Gasteiger partial charge on any atom is 0.252 e. The molecule has 0 aliphatic heterocycles. The van der Waals surface area contributed by atoms with E-state index in [1.165, 1.54) is 0 Å². The zero-order valence-electron chi connectivity index (χ0n) is 10.5. The smallest absolute Gasteiger partial charge is 0.252 e. The Hall–Kier alpha value is -1.03. The molecule has 1 aromatic rings. The molecule has 0 atom stereocenters. The Morgan fingerprint density at radius 2 is 2.06 bits per heavy atom. The van der Waals surface area contributed by atoms with Crippen molar-refractivity contribution in [2.24, 2.45) is 5.41 Å². The van der Waals surface area contributed by atoms with E-state index in [-0.39, 0.29) is 11.3 Å². The predicted octanol–water partition coefficient (Wildman–Crippen LogP) is 3.20. The second kappa shape index (κ2) is 5.54. The molecule has 94 valence electrons. The third-order valence-electron chi connectivity index (χ3n) is 2.40. The van der Waals surface area contributed by atoms with Crippen LogP contribution in [0.5, 0.6) is 0 Å². The lowest BCUT2D eigenvalue weighted by atomic mass is 9.92. The highest BCUT2D eigenvalue weighted by Gasteiger charge is 2.13. The number of carbonyl (C=O) groups excluding carboxylic acids is 1. The van der Waals surface area contributed by atoms with Crippen LogP contribution in [-0.4, -0.2) is 12.5 Å². The number of hydrogen-bond donors (Lipinski definition) is 2. The molecule has 0 aliphatic carbocycles. The van der Waals surface area contributed by atoms with Crippen molar-refractivity contribution in [1.29, 1.82) is 0 Å². The third-order valence-corrected chi connectivity index (χ3v) is 3.09. The number of nitrogen functional groups attached to an aromatic ring is 1. The van der Waals surface area contributed by atoms with Crippen LogP contribution in [0.1, 0.15) is 37.6 Å². The summed E-state index contributed by atoms with van der Waals surface area (Å²) >= 11 is 3.35. The minimum atomic E-state index is -0.0894. The van der Waals surface area contributed by atoms with E-state index in [0.717, 1.165) is 10.9 Å². The standard InChI is InChI=1S/C13H19BrN2O/c1-13(2,3)6-7-16-12(17)10-8-9(15)4-5-11(10)14/h4-5,8H,6-7,15H2,1-3H3,(H,16,17). The van der Waals surface area contributed by atoms with Crippen LogP contribution in [0, 0.1) is 5.41 Å². The molecular formula is C13H19BrN2O. The van der Waals surface area contributed by atoms with E-state index in [1.54, 1.807) is 18.2 Å². The van der Waals surface area contributed by atoms with Crippen molar-refractivity contribution in [3.63, 3.8) is 0 Å². The van der Waals surface area contributed by atoms with E-state index in [2.05, 4.69) is 42.0 Å². The molecule has 0 heterocycles. The summed E-state index contributed by atoms with van der Waals surface area (Å²) in [5.41, 5.74) is 7.06. The van der Waals surface area contributed by atoms with Crippen molar-refractivity contribution in [1.82, 2.24) is 5.32 Å². The van der Waals surface area contributed by atoms with Gasteiger partial charge in [-0.05, 0) is 46.0 Å². The third kappa shape index (κ3) is 4.77. The monoisotopic (exact) mass is 298 g/mol. The van der Waals surface area contributed by atoms with E-state index >= 15 is 0 Å². The molecule has 4 heteroatoms. The fourth-order valence-electron chi connectivity index (χ4n) is 1.36. The largest absolute Gasteiger partial charge is 0.399 e. The van der Waals surface area contributed by atoms with Gasteiger partial charge in [-0.1, -0.05) is 20.8 Å². The summed E-state index contributed by atoms with van der Waals surface area (Å²) < 4.78 is 0.764. The van der Waals surface area contributed by atoms with Gasteiger partial charge >= 0.3 is 0 Å². The van der Waals surface area contributed by atoms with Crippen LogP contribution < -0.4 is 11.1 Å². The fourth-order valence-corrected chi connectivity index (χ4v) is 1.79. The molecule has 1 amide bonds. The van der Waals surface area contributed by atoms with Crippen molar-refractivity contribution in [3.05, 3.63) is 28.2 Å². The summed E-state index contributed by atoms with van der Waals surface area (Å²) in [7, 11) is 0. The average Bonchev–Trinajstić information content (AvgIpc) is 2.19. The number of amides is 1.